The Kier molecular flexibility index (Phi) is 7.35. The Balaban J connectivity index is 2.83. The molecule has 0 spiro atoms. The van der Waals surface area contributed by atoms with Gasteiger partial charge in [0.15, 0.2) is 0 Å². The number of rotatable bonds is 9. The topological polar surface area (TPSA) is 185 Å². The molecule has 10 nitrogen and oxygen atoms in total. The molecule has 0 radical (unpaired) electrons. The van der Waals surface area contributed by atoms with Crippen LogP contribution in [0.2, 0.25) is 0 Å². The molecule has 8 N–H and O–H groups in total. The monoisotopic (exact) mass is 352 g/mol. The highest BCUT2D eigenvalue weighted by atomic mass is 16.4. The van der Waals surface area contributed by atoms with Crippen molar-refractivity contribution in [1.82, 2.24) is 10.6 Å². The fourth-order valence-corrected chi connectivity index (χ4v) is 2.00. The number of carbonyl (C=O) groups is 4. The minimum absolute atomic E-state index is 0.0191. The van der Waals surface area contributed by atoms with Crippen LogP contribution in [0.5, 0.6) is 5.75 Å². The molecular weight excluding hydrogens is 332 g/mol. The molecule has 0 aliphatic rings. The molecule has 0 fully saturated rings. The Morgan fingerprint density at radius 3 is 2.12 bits per heavy atom. The average Bonchev–Trinajstić information content (AvgIpc) is 2.54. The van der Waals surface area contributed by atoms with Crippen LogP contribution in [0.4, 0.5) is 0 Å². The summed E-state index contributed by atoms with van der Waals surface area (Å²) in [6.07, 6.45) is -0.557. The molecule has 1 aromatic rings. The number of amides is 3. The van der Waals surface area contributed by atoms with Gasteiger partial charge in [0.2, 0.25) is 17.7 Å². The van der Waals surface area contributed by atoms with Crippen molar-refractivity contribution in [3.8, 4) is 5.75 Å². The molecule has 136 valence electrons. The van der Waals surface area contributed by atoms with Crippen LogP contribution in [0.1, 0.15) is 12.0 Å². The molecule has 1 rings (SSSR count). The number of hydrogen-bond donors (Lipinski definition) is 6. The molecule has 0 aromatic heterocycles. The zero-order valence-electron chi connectivity index (χ0n) is 13.3. The third-order valence-electron chi connectivity index (χ3n) is 3.23. The Labute approximate surface area is 143 Å². The summed E-state index contributed by atoms with van der Waals surface area (Å²) in [4.78, 5) is 46.0. The lowest BCUT2D eigenvalue weighted by atomic mass is 10.0. The standard InChI is InChI=1S/C15H20N4O6/c16-7-13(22)18-10(6-12(17)21)14(23)19-11(15(24)25)5-8-1-3-9(20)4-2-8/h1-4,10-11,20H,5-7,16H2,(H2,17,21)(H,18,22)(H,19,23)(H,24,25)/t10-,11-/m0/s1. The van der Waals surface area contributed by atoms with Gasteiger partial charge in [0.05, 0.1) is 13.0 Å². The average molecular weight is 352 g/mol. The molecule has 0 saturated heterocycles. The lowest BCUT2D eigenvalue weighted by Crippen LogP contribution is -2.54. The Bertz CT molecular complexity index is 646. The summed E-state index contributed by atoms with van der Waals surface area (Å²) in [5.74, 6) is -3.68. The molecule has 0 bridgehead atoms. The predicted molar refractivity (Wildman–Crippen MR) is 86.2 cm³/mol. The van der Waals surface area contributed by atoms with E-state index in [-0.39, 0.29) is 12.2 Å². The summed E-state index contributed by atoms with van der Waals surface area (Å²) < 4.78 is 0. The van der Waals surface area contributed by atoms with Crippen molar-refractivity contribution in [2.75, 3.05) is 6.54 Å². The summed E-state index contributed by atoms with van der Waals surface area (Å²) in [7, 11) is 0. The van der Waals surface area contributed by atoms with Crippen LogP contribution < -0.4 is 22.1 Å². The van der Waals surface area contributed by atoms with Gasteiger partial charge >= 0.3 is 5.97 Å². The summed E-state index contributed by atoms with van der Waals surface area (Å²) in [5, 5.41) is 23.0. The van der Waals surface area contributed by atoms with Crippen molar-refractivity contribution < 1.29 is 29.4 Å². The highest BCUT2D eigenvalue weighted by molar-refractivity contribution is 5.93. The summed E-state index contributed by atoms with van der Waals surface area (Å²) in [6.45, 7) is -0.404. The smallest absolute Gasteiger partial charge is 0.326 e. The maximum Gasteiger partial charge on any atom is 0.326 e. The lowest BCUT2D eigenvalue weighted by molar-refractivity contribution is -0.142. The van der Waals surface area contributed by atoms with Crippen LogP contribution in [-0.4, -0.2) is 52.5 Å². The van der Waals surface area contributed by atoms with Crippen LogP contribution in [-0.2, 0) is 25.6 Å². The highest BCUT2D eigenvalue weighted by Crippen LogP contribution is 2.11. The first-order chi connectivity index (χ1) is 11.7. The zero-order valence-corrected chi connectivity index (χ0v) is 13.3. The normalized spacial score (nSPS) is 12.7. The zero-order chi connectivity index (χ0) is 19.0. The van der Waals surface area contributed by atoms with E-state index < -0.39 is 48.7 Å². The Morgan fingerprint density at radius 1 is 1.04 bits per heavy atom. The van der Waals surface area contributed by atoms with Crippen molar-refractivity contribution in [3.63, 3.8) is 0 Å². The van der Waals surface area contributed by atoms with E-state index in [2.05, 4.69) is 10.6 Å². The fourth-order valence-electron chi connectivity index (χ4n) is 2.00. The number of nitrogens with two attached hydrogens (primary N) is 2. The lowest BCUT2D eigenvalue weighted by Gasteiger charge is -2.20. The SMILES string of the molecule is NCC(=O)N[C@@H](CC(N)=O)C(=O)N[C@@H](Cc1ccc(O)cc1)C(=O)O. The van der Waals surface area contributed by atoms with Gasteiger partial charge in [0.25, 0.3) is 0 Å². The minimum atomic E-state index is -1.32. The molecule has 0 aliphatic carbocycles. The van der Waals surface area contributed by atoms with Gasteiger partial charge in [-0.15, -0.1) is 0 Å². The minimum Gasteiger partial charge on any atom is -0.508 e. The van der Waals surface area contributed by atoms with Crippen LogP contribution in [0, 0.1) is 0 Å². The number of carbonyl (C=O) groups excluding carboxylic acids is 3. The van der Waals surface area contributed by atoms with Gasteiger partial charge in [-0.3, -0.25) is 14.4 Å². The number of primary amides is 1. The van der Waals surface area contributed by atoms with Crippen molar-refractivity contribution in [1.29, 1.82) is 0 Å². The number of carboxylic acid groups (broad SMARTS) is 1. The van der Waals surface area contributed by atoms with Crippen molar-refractivity contribution >= 4 is 23.7 Å². The van der Waals surface area contributed by atoms with Crippen molar-refractivity contribution in [3.05, 3.63) is 29.8 Å². The third-order valence-corrected chi connectivity index (χ3v) is 3.23. The number of hydrogen-bond acceptors (Lipinski definition) is 6. The van der Waals surface area contributed by atoms with Gasteiger partial charge in [0.1, 0.15) is 17.8 Å². The van der Waals surface area contributed by atoms with E-state index in [4.69, 9.17) is 11.5 Å². The van der Waals surface area contributed by atoms with Gasteiger partial charge < -0.3 is 32.3 Å². The van der Waals surface area contributed by atoms with E-state index in [0.717, 1.165) is 0 Å². The maximum absolute atomic E-state index is 12.2. The number of aromatic hydroxyl groups is 1. The number of carboxylic acids is 1. The van der Waals surface area contributed by atoms with Crippen LogP contribution >= 0.6 is 0 Å². The van der Waals surface area contributed by atoms with Gasteiger partial charge in [-0.25, -0.2) is 4.79 Å². The molecule has 0 saturated carbocycles. The van der Waals surface area contributed by atoms with E-state index in [9.17, 15) is 29.4 Å². The third kappa shape index (κ3) is 6.87. The number of phenolic OH excluding ortho intramolecular Hbond substituents is 1. The highest BCUT2D eigenvalue weighted by Gasteiger charge is 2.27. The molecule has 2 atom stereocenters. The molecule has 3 amide bonds. The Hall–Kier alpha value is -3.14. The van der Waals surface area contributed by atoms with Crippen molar-refractivity contribution in [2.24, 2.45) is 11.5 Å². The van der Waals surface area contributed by atoms with E-state index in [1.165, 1.54) is 24.3 Å². The fraction of sp³-hybridized carbons (Fsp3) is 0.333. The summed E-state index contributed by atoms with van der Waals surface area (Å²) in [5.41, 5.74) is 10.7. The van der Waals surface area contributed by atoms with Crippen LogP contribution in [0.25, 0.3) is 0 Å². The van der Waals surface area contributed by atoms with Gasteiger partial charge in [-0.05, 0) is 17.7 Å². The molecular formula is C15H20N4O6. The second-order valence-electron chi connectivity index (χ2n) is 5.26. The van der Waals surface area contributed by atoms with E-state index in [0.29, 0.717) is 5.56 Å². The van der Waals surface area contributed by atoms with Crippen molar-refractivity contribution in [2.45, 2.75) is 24.9 Å². The summed E-state index contributed by atoms with van der Waals surface area (Å²) >= 11 is 0. The largest absolute Gasteiger partial charge is 0.508 e. The first kappa shape index (κ1) is 19.9. The van der Waals surface area contributed by atoms with Crippen LogP contribution in [0.15, 0.2) is 24.3 Å². The van der Waals surface area contributed by atoms with E-state index in [1.54, 1.807) is 0 Å². The van der Waals surface area contributed by atoms with Gasteiger partial charge in [-0.2, -0.15) is 0 Å². The first-order valence-corrected chi connectivity index (χ1v) is 7.31. The molecule has 25 heavy (non-hydrogen) atoms. The quantitative estimate of drug-likeness (QED) is 0.292. The molecule has 1 aromatic carbocycles. The number of nitrogens with one attached hydrogen (secondary N) is 2. The Morgan fingerprint density at radius 2 is 1.64 bits per heavy atom. The summed E-state index contributed by atoms with van der Waals surface area (Å²) in [6, 6.07) is 3.15. The van der Waals surface area contributed by atoms with Gasteiger partial charge in [-0.1, -0.05) is 12.1 Å². The molecule has 0 heterocycles. The second kappa shape index (κ2) is 9.23. The number of benzene rings is 1. The molecule has 0 unspecified atom stereocenters. The molecule has 0 aliphatic heterocycles. The molecule has 10 heteroatoms. The van der Waals surface area contributed by atoms with E-state index >= 15 is 0 Å². The number of aliphatic carboxylic acids is 1. The van der Waals surface area contributed by atoms with E-state index in [1.807, 2.05) is 0 Å². The second-order valence-corrected chi connectivity index (χ2v) is 5.26. The first-order valence-electron chi connectivity index (χ1n) is 7.31. The predicted octanol–water partition coefficient (Wildman–Crippen LogP) is -2.18. The van der Waals surface area contributed by atoms with Crippen LogP contribution in [0.3, 0.4) is 0 Å². The maximum atomic E-state index is 12.2. The van der Waals surface area contributed by atoms with Gasteiger partial charge in [0, 0.05) is 6.42 Å². The number of phenols is 1.